The maximum atomic E-state index is 13.3. The number of ketones is 1. The number of benzene rings is 2. The fraction of sp³-hybridized carbons (Fsp3) is 0.391. The molecule has 29 heavy (non-hydrogen) atoms. The Hall–Kier alpha value is -3.02. The van der Waals surface area contributed by atoms with E-state index in [4.69, 9.17) is 10.1 Å². The number of rotatable bonds is 3. The lowest BCUT2D eigenvalue weighted by molar-refractivity contribution is 0.0971. The molecule has 2 heterocycles. The van der Waals surface area contributed by atoms with Gasteiger partial charge in [-0.15, -0.1) is 0 Å². The van der Waals surface area contributed by atoms with Crippen LogP contribution in [0.15, 0.2) is 36.4 Å². The van der Waals surface area contributed by atoms with Gasteiger partial charge in [0.25, 0.3) is 0 Å². The minimum absolute atomic E-state index is 0.00729. The Kier molecular flexibility index (Phi) is 4.52. The minimum atomic E-state index is -0.147. The van der Waals surface area contributed by atoms with Crippen molar-refractivity contribution in [2.24, 2.45) is 7.05 Å². The lowest BCUT2D eigenvalue weighted by atomic mass is 9.84. The van der Waals surface area contributed by atoms with Gasteiger partial charge < -0.3 is 18.8 Å². The third-order valence-corrected chi connectivity index (χ3v) is 5.69. The number of imidazole rings is 1. The van der Waals surface area contributed by atoms with Crippen LogP contribution in [0.3, 0.4) is 0 Å². The Balaban J connectivity index is 1.80. The van der Waals surface area contributed by atoms with E-state index in [1.54, 1.807) is 9.13 Å². The third kappa shape index (κ3) is 3.22. The summed E-state index contributed by atoms with van der Waals surface area (Å²) < 4.78 is 9.57. The van der Waals surface area contributed by atoms with E-state index in [9.17, 15) is 4.79 Å². The van der Waals surface area contributed by atoms with Crippen LogP contribution in [0.5, 0.6) is 5.75 Å². The highest BCUT2D eigenvalue weighted by atomic mass is 16.5. The van der Waals surface area contributed by atoms with Gasteiger partial charge in [-0.1, -0.05) is 32.9 Å². The average Bonchev–Trinajstić information content (AvgIpc) is 2.92. The van der Waals surface area contributed by atoms with Crippen LogP contribution in [0.4, 0.5) is 5.69 Å². The number of likely N-dealkylation sites (N-methyl/N-ethyl adjacent to an activating group) is 1. The Morgan fingerprint density at radius 3 is 2.52 bits per heavy atom. The van der Waals surface area contributed by atoms with Crippen LogP contribution in [-0.2, 0) is 19.0 Å². The first-order chi connectivity index (χ1) is 13.7. The van der Waals surface area contributed by atoms with Gasteiger partial charge in [-0.3, -0.25) is 10.2 Å². The number of hydrogen-bond donors (Lipinski definition) is 1. The second-order valence-electron chi connectivity index (χ2n) is 8.77. The molecule has 2 aromatic carbocycles. The molecule has 6 nitrogen and oxygen atoms in total. The molecule has 152 valence electrons. The molecular weight excluding hydrogens is 364 g/mol. The Labute approximate surface area is 170 Å². The number of hydrogen-bond acceptors (Lipinski definition) is 4. The summed E-state index contributed by atoms with van der Waals surface area (Å²) in [6.45, 7) is 7.98. The number of aryl methyl sites for hydroxylation is 1. The van der Waals surface area contributed by atoms with Crippen molar-refractivity contribution in [3.05, 3.63) is 53.1 Å². The smallest absolute Gasteiger partial charge is 0.203 e. The number of aromatic nitrogens is 2. The quantitative estimate of drug-likeness (QED) is 0.694. The molecule has 1 aliphatic heterocycles. The number of nitrogens with one attached hydrogen (secondary N) is 1. The van der Waals surface area contributed by atoms with Gasteiger partial charge in [0.05, 0.1) is 29.8 Å². The van der Waals surface area contributed by atoms with E-state index in [-0.39, 0.29) is 17.7 Å². The summed E-state index contributed by atoms with van der Waals surface area (Å²) in [6.07, 6.45) is 0. The van der Waals surface area contributed by atoms with Crippen molar-refractivity contribution in [1.82, 2.24) is 9.13 Å². The zero-order valence-electron chi connectivity index (χ0n) is 17.7. The third-order valence-electron chi connectivity index (χ3n) is 5.69. The first-order valence-corrected chi connectivity index (χ1v) is 9.93. The molecule has 1 N–H and O–H groups in total. The van der Waals surface area contributed by atoms with Crippen molar-refractivity contribution in [2.75, 3.05) is 25.1 Å². The fourth-order valence-corrected chi connectivity index (χ4v) is 3.95. The zero-order valence-corrected chi connectivity index (χ0v) is 17.7. The maximum Gasteiger partial charge on any atom is 0.203 e. The highest BCUT2D eigenvalue weighted by Gasteiger charge is 2.28. The summed E-state index contributed by atoms with van der Waals surface area (Å²) in [5.74, 6) is 0.869. The summed E-state index contributed by atoms with van der Waals surface area (Å²) in [4.78, 5) is 15.5. The van der Waals surface area contributed by atoms with Crippen LogP contribution in [0.25, 0.3) is 11.0 Å². The van der Waals surface area contributed by atoms with Crippen molar-refractivity contribution in [3.8, 4) is 5.75 Å². The standard InChI is InChI=1S/C23H28N4O2/c1-23(2,3)16-12-15(13-19-21(16)29-11-10-25(19)4)20(28)14-27-18-9-7-6-8-17(18)26(5)22(27)24/h6-9,12-13,24H,10-11,14H2,1-5H3. The molecule has 0 saturated heterocycles. The predicted molar refractivity (Wildman–Crippen MR) is 115 cm³/mol. The molecule has 0 aliphatic carbocycles. The molecule has 0 spiro atoms. The summed E-state index contributed by atoms with van der Waals surface area (Å²) in [6, 6.07) is 11.7. The van der Waals surface area contributed by atoms with Gasteiger partial charge in [0.1, 0.15) is 12.4 Å². The molecule has 0 bridgehead atoms. The van der Waals surface area contributed by atoms with Gasteiger partial charge in [0.2, 0.25) is 5.62 Å². The fourth-order valence-electron chi connectivity index (χ4n) is 3.95. The number of fused-ring (bicyclic) bond motifs is 2. The predicted octanol–water partition coefficient (Wildman–Crippen LogP) is 3.47. The average molecular weight is 393 g/mol. The number of nitrogens with zero attached hydrogens (tertiary/aromatic N) is 3. The summed E-state index contributed by atoms with van der Waals surface area (Å²) >= 11 is 0. The SMILES string of the molecule is CN1CCOc2c1cc(C(=O)Cn1c(=N)n(C)c3ccccc31)cc2C(C)(C)C. The number of anilines is 1. The molecule has 0 atom stereocenters. The van der Waals surface area contributed by atoms with Gasteiger partial charge >= 0.3 is 0 Å². The highest BCUT2D eigenvalue weighted by Crippen LogP contribution is 2.41. The van der Waals surface area contributed by atoms with Crippen LogP contribution in [0, 0.1) is 5.41 Å². The van der Waals surface area contributed by atoms with Crippen LogP contribution >= 0.6 is 0 Å². The number of para-hydroxylation sites is 2. The van der Waals surface area contributed by atoms with Crippen molar-refractivity contribution in [3.63, 3.8) is 0 Å². The first kappa shape index (κ1) is 19.3. The number of ether oxygens (including phenoxy) is 1. The molecule has 0 unspecified atom stereocenters. The van der Waals surface area contributed by atoms with Gasteiger partial charge in [-0.05, 0) is 29.7 Å². The maximum absolute atomic E-state index is 13.3. The van der Waals surface area contributed by atoms with E-state index in [2.05, 4.69) is 25.7 Å². The minimum Gasteiger partial charge on any atom is -0.489 e. The molecule has 0 fully saturated rings. The normalized spacial score (nSPS) is 14.0. The second-order valence-corrected chi connectivity index (χ2v) is 8.77. The largest absolute Gasteiger partial charge is 0.489 e. The molecule has 1 aliphatic rings. The van der Waals surface area contributed by atoms with Crippen molar-refractivity contribution < 1.29 is 9.53 Å². The van der Waals surface area contributed by atoms with E-state index >= 15 is 0 Å². The Morgan fingerprint density at radius 1 is 1.14 bits per heavy atom. The molecule has 0 amide bonds. The van der Waals surface area contributed by atoms with E-state index in [0.29, 0.717) is 17.8 Å². The summed E-state index contributed by atoms with van der Waals surface area (Å²) in [5.41, 5.74) is 4.66. The molecule has 6 heteroatoms. The highest BCUT2D eigenvalue weighted by molar-refractivity contribution is 5.98. The van der Waals surface area contributed by atoms with Crippen molar-refractivity contribution in [1.29, 1.82) is 5.41 Å². The van der Waals surface area contributed by atoms with E-state index in [1.165, 1.54) is 0 Å². The van der Waals surface area contributed by atoms with Gasteiger partial charge in [-0.25, -0.2) is 0 Å². The van der Waals surface area contributed by atoms with Gasteiger partial charge in [0.15, 0.2) is 5.78 Å². The lowest BCUT2D eigenvalue weighted by Gasteiger charge is -2.33. The molecule has 4 rings (SSSR count). The van der Waals surface area contributed by atoms with Crippen LogP contribution in [-0.4, -0.2) is 35.1 Å². The second kappa shape index (κ2) is 6.79. The summed E-state index contributed by atoms with van der Waals surface area (Å²) in [5, 5.41) is 8.45. The molecular formula is C23H28N4O2. The van der Waals surface area contributed by atoms with Gasteiger partial charge in [-0.2, -0.15) is 0 Å². The monoisotopic (exact) mass is 392 g/mol. The molecule has 0 saturated carbocycles. The van der Waals surface area contributed by atoms with E-state index in [0.717, 1.165) is 34.6 Å². The number of carbonyl (C=O) groups excluding carboxylic acids is 1. The lowest BCUT2D eigenvalue weighted by Crippen LogP contribution is -2.31. The number of carbonyl (C=O) groups is 1. The topological polar surface area (TPSA) is 63.2 Å². The van der Waals surface area contributed by atoms with Crippen molar-refractivity contribution in [2.45, 2.75) is 32.7 Å². The Bertz CT molecular complexity index is 1160. The van der Waals surface area contributed by atoms with E-state index in [1.807, 2.05) is 50.5 Å². The zero-order chi connectivity index (χ0) is 20.9. The first-order valence-electron chi connectivity index (χ1n) is 9.93. The van der Waals surface area contributed by atoms with Crippen molar-refractivity contribution >= 4 is 22.5 Å². The molecule has 0 radical (unpaired) electrons. The van der Waals surface area contributed by atoms with Crippen LogP contribution in [0.1, 0.15) is 36.7 Å². The van der Waals surface area contributed by atoms with E-state index < -0.39 is 0 Å². The number of Topliss-reactive ketones (excluding diaryl/α,β-unsaturated/α-hetero) is 1. The Morgan fingerprint density at radius 2 is 1.83 bits per heavy atom. The van der Waals surface area contributed by atoms with Crippen LogP contribution < -0.4 is 15.3 Å². The van der Waals surface area contributed by atoms with Crippen LogP contribution in [0.2, 0.25) is 0 Å². The molecule has 1 aromatic heterocycles. The molecule has 3 aromatic rings. The summed E-state index contributed by atoms with van der Waals surface area (Å²) in [7, 11) is 3.89. The van der Waals surface area contributed by atoms with Gasteiger partial charge in [0, 0.05) is 25.2 Å².